The van der Waals surface area contributed by atoms with Crippen molar-refractivity contribution < 1.29 is 9.21 Å². The van der Waals surface area contributed by atoms with Crippen LogP contribution in [0.25, 0.3) is 0 Å². The minimum absolute atomic E-state index is 0.0878. The van der Waals surface area contributed by atoms with Crippen LogP contribution in [0.15, 0.2) is 44.3 Å². The molecule has 4 rings (SSSR count). The van der Waals surface area contributed by atoms with Crippen molar-refractivity contribution in [3.8, 4) is 0 Å². The highest BCUT2D eigenvalue weighted by atomic mass is 16.3. The molecule has 1 aliphatic heterocycles. The number of rotatable bonds is 6. The molecule has 0 saturated heterocycles. The Hall–Kier alpha value is -3.29. The molecule has 7 nitrogen and oxygen atoms in total. The summed E-state index contributed by atoms with van der Waals surface area (Å²) >= 11 is 0. The van der Waals surface area contributed by atoms with Gasteiger partial charge in [0.15, 0.2) is 0 Å². The second-order valence-corrected chi connectivity index (χ2v) is 7.39. The molecule has 0 bridgehead atoms. The number of hydrogen-bond acceptors (Lipinski definition) is 6. The van der Waals surface area contributed by atoms with E-state index in [1.807, 2.05) is 13.0 Å². The summed E-state index contributed by atoms with van der Waals surface area (Å²) in [6.07, 6.45) is 0.419. The zero-order valence-electron chi connectivity index (χ0n) is 16.5. The number of nitrogens with one attached hydrogen (secondary N) is 2. The third kappa shape index (κ3) is 2.95. The lowest BCUT2D eigenvalue weighted by atomic mass is 9.73. The van der Waals surface area contributed by atoms with E-state index in [0.717, 1.165) is 5.56 Å². The third-order valence-corrected chi connectivity index (χ3v) is 5.37. The smallest absolute Gasteiger partial charge is 0.256 e. The van der Waals surface area contributed by atoms with Gasteiger partial charge >= 0.3 is 0 Å². The first kappa shape index (κ1) is 19.0. The molecule has 146 valence electrons. The van der Waals surface area contributed by atoms with Gasteiger partial charge < -0.3 is 20.0 Å². The Kier molecular flexibility index (Phi) is 4.37. The monoisotopic (exact) mass is 389 g/mol. The van der Waals surface area contributed by atoms with Gasteiger partial charge in [0.2, 0.25) is 0 Å². The summed E-state index contributed by atoms with van der Waals surface area (Å²) in [7, 11) is 8.16. The summed E-state index contributed by atoms with van der Waals surface area (Å²) < 4.78 is 5.63. The van der Waals surface area contributed by atoms with Gasteiger partial charge in [-0.15, -0.1) is 0 Å². The minimum Gasteiger partial charge on any atom is -0.465 e. The second-order valence-electron chi connectivity index (χ2n) is 7.39. The highest BCUT2D eigenvalue weighted by molar-refractivity contribution is 6.17. The summed E-state index contributed by atoms with van der Waals surface area (Å²) in [5, 5.41) is 5.96. The van der Waals surface area contributed by atoms with E-state index in [9.17, 15) is 14.4 Å². The molecule has 2 radical (unpaired) electrons. The molecule has 1 atom stereocenters. The van der Waals surface area contributed by atoms with Crippen molar-refractivity contribution in [2.24, 2.45) is 0 Å². The summed E-state index contributed by atoms with van der Waals surface area (Å²) in [4.78, 5) is 38.6. The topological polar surface area (TPSA) is 91.6 Å². The molecule has 2 N–H and O–H groups in total. The molecule has 0 spiro atoms. The summed E-state index contributed by atoms with van der Waals surface area (Å²) in [5.41, 5.74) is -0.426. The molecular weight excluding hydrogens is 369 g/mol. The van der Waals surface area contributed by atoms with Crippen molar-refractivity contribution in [3.63, 3.8) is 0 Å². The first-order valence-electron chi connectivity index (χ1n) is 9.37. The lowest BCUT2D eigenvalue weighted by Gasteiger charge is -2.31. The normalized spacial score (nSPS) is 15.4. The zero-order chi connectivity index (χ0) is 20.9. The average Bonchev–Trinajstić information content (AvgIpc) is 3.28. The predicted molar refractivity (Wildman–Crippen MR) is 112 cm³/mol. The minimum atomic E-state index is -1.15. The van der Waals surface area contributed by atoms with Crippen LogP contribution in [0.2, 0.25) is 0 Å². The third-order valence-electron chi connectivity index (χ3n) is 5.37. The number of amides is 1. The van der Waals surface area contributed by atoms with Crippen molar-refractivity contribution in [3.05, 3.63) is 73.4 Å². The Balaban J connectivity index is 1.69. The number of furan rings is 1. The number of aryl methyl sites for hydroxylation is 1. The van der Waals surface area contributed by atoms with Crippen LogP contribution in [0.3, 0.4) is 0 Å². The van der Waals surface area contributed by atoms with Gasteiger partial charge in [-0.25, -0.2) is 0 Å². The molecule has 0 saturated carbocycles. The van der Waals surface area contributed by atoms with Crippen molar-refractivity contribution in [1.82, 2.24) is 4.90 Å². The largest absolute Gasteiger partial charge is 0.465 e. The molecule has 0 aliphatic carbocycles. The summed E-state index contributed by atoms with van der Waals surface area (Å²) in [6, 6.07) is 8.90. The van der Waals surface area contributed by atoms with Gasteiger partial charge in [-0.1, -0.05) is 19.1 Å². The zero-order valence-corrected chi connectivity index (χ0v) is 16.5. The molecule has 0 fully saturated rings. The van der Waals surface area contributed by atoms with Crippen LogP contribution in [0.5, 0.6) is 0 Å². The standard InChI is InChI=1S/C21H20BN3O4/c1-4-21(22,14-9-8-11(2)29-14)24-17-16(18(26)19(17)27)23-13-7-5-6-12-10-25(3)20(28)15(12)13/h5-9,23-24H,4,10H2,1-3H3/t21-/m1/s1. The van der Waals surface area contributed by atoms with Crippen molar-refractivity contribution in [2.75, 3.05) is 17.7 Å². The van der Waals surface area contributed by atoms with Crippen LogP contribution in [0, 0.1) is 6.92 Å². The molecule has 29 heavy (non-hydrogen) atoms. The molecular formula is C21H20BN3O4. The Morgan fingerprint density at radius 2 is 1.86 bits per heavy atom. The molecule has 2 heterocycles. The highest BCUT2D eigenvalue weighted by Crippen LogP contribution is 2.34. The molecule has 3 aromatic rings. The van der Waals surface area contributed by atoms with E-state index in [1.165, 1.54) is 0 Å². The van der Waals surface area contributed by atoms with E-state index >= 15 is 0 Å². The SMILES string of the molecule is [B][C@](CC)(Nc1c(Nc2cccc3c2C(=O)N(C)C3)c(=O)c1=O)c1ccc(C)o1. The Morgan fingerprint density at radius 3 is 2.52 bits per heavy atom. The van der Waals surface area contributed by atoms with E-state index in [4.69, 9.17) is 12.3 Å². The first-order chi connectivity index (χ1) is 13.7. The number of hydrogen-bond donors (Lipinski definition) is 2. The summed E-state index contributed by atoms with van der Waals surface area (Å²) in [6.45, 7) is 4.15. The maximum absolute atomic E-state index is 12.5. The van der Waals surface area contributed by atoms with Crippen molar-refractivity contribution >= 4 is 30.8 Å². The maximum atomic E-state index is 12.5. The van der Waals surface area contributed by atoms with Gasteiger partial charge in [0.1, 0.15) is 30.7 Å². The lowest BCUT2D eigenvalue weighted by Crippen LogP contribution is -2.44. The molecule has 2 aromatic carbocycles. The van der Waals surface area contributed by atoms with Gasteiger partial charge in [0.05, 0.1) is 16.7 Å². The van der Waals surface area contributed by atoms with E-state index in [-0.39, 0.29) is 17.3 Å². The van der Waals surface area contributed by atoms with Crippen LogP contribution in [0.1, 0.15) is 40.8 Å². The van der Waals surface area contributed by atoms with Crippen LogP contribution in [-0.4, -0.2) is 25.7 Å². The number of benzene rings is 1. The number of nitrogens with zero attached hydrogens (tertiary/aromatic N) is 1. The van der Waals surface area contributed by atoms with E-state index in [1.54, 1.807) is 43.1 Å². The van der Waals surface area contributed by atoms with Crippen LogP contribution in [-0.2, 0) is 12.0 Å². The molecule has 1 amide bonds. The molecule has 8 heteroatoms. The fourth-order valence-electron chi connectivity index (χ4n) is 3.59. The Morgan fingerprint density at radius 1 is 1.14 bits per heavy atom. The first-order valence-corrected chi connectivity index (χ1v) is 9.37. The lowest BCUT2D eigenvalue weighted by molar-refractivity contribution is 0.0817. The van der Waals surface area contributed by atoms with Crippen molar-refractivity contribution in [1.29, 1.82) is 0 Å². The summed E-state index contributed by atoms with van der Waals surface area (Å²) in [5.74, 6) is 1.02. The number of carbonyl (C=O) groups excluding carboxylic acids is 1. The number of fused-ring (bicyclic) bond motifs is 1. The fraction of sp³-hybridized carbons (Fsp3) is 0.286. The van der Waals surface area contributed by atoms with Gasteiger partial charge in [-0.2, -0.15) is 0 Å². The number of carbonyl (C=O) groups is 1. The van der Waals surface area contributed by atoms with E-state index in [0.29, 0.717) is 35.7 Å². The van der Waals surface area contributed by atoms with E-state index < -0.39 is 16.3 Å². The van der Waals surface area contributed by atoms with Crippen LogP contribution >= 0.6 is 0 Å². The Bertz CT molecular complexity index is 1190. The Labute approximate surface area is 168 Å². The van der Waals surface area contributed by atoms with Gasteiger partial charge in [0, 0.05) is 13.6 Å². The van der Waals surface area contributed by atoms with Crippen LogP contribution in [0.4, 0.5) is 17.1 Å². The van der Waals surface area contributed by atoms with E-state index in [2.05, 4.69) is 10.6 Å². The molecule has 1 aliphatic rings. The second kappa shape index (κ2) is 6.65. The fourth-order valence-corrected chi connectivity index (χ4v) is 3.59. The predicted octanol–water partition coefficient (Wildman–Crippen LogP) is 2.36. The van der Waals surface area contributed by atoms with Crippen molar-refractivity contribution in [2.45, 2.75) is 32.3 Å². The average molecular weight is 389 g/mol. The number of anilines is 3. The highest BCUT2D eigenvalue weighted by Gasteiger charge is 2.34. The quantitative estimate of drug-likeness (QED) is 0.497. The van der Waals surface area contributed by atoms with Gasteiger partial charge in [0.25, 0.3) is 16.8 Å². The van der Waals surface area contributed by atoms with Gasteiger partial charge in [-0.3, -0.25) is 14.4 Å². The maximum Gasteiger partial charge on any atom is 0.256 e. The molecule has 1 aromatic heterocycles. The van der Waals surface area contributed by atoms with Gasteiger partial charge in [-0.05, 0) is 37.1 Å². The van der Waals surface area contributed by atoms with Crippen LogP contribution < -0.4 is 21.5 Å². The molecule has 0 unspecified atom stereocenters.